The van der Waals surface area contributed by atoms with Gasteiger partial charge in [0, 0.05) is 36.1 Å². The predicted molar refractivity (Wildman–Crippen MR) is 217 cm³/mol. The van der Waals surface area contributed by atoms with Gasteiger partial charge in [0.25, 0.3) is 0 Å². The number of nitrogens with zero attached hydrogens (tertiary/aromatic N) is 2. The van der Waals surface area contributed by atoms with Crippen LogP contribution in [-0.2, 0) is 5.41 Å². The molecular weight excluding hydrogens is 631 g/mol. The van der Waals surface area contributed by atoms with Crippen LogP contribution in [0.3, 0.4) is 0 Å². The van der Waals surface area contributed by atoms with E-state index >= 15 is 0 Å². The van der Waals surface area contributed by atoms with Crippen molar-refractivity contribution in [3.8, 4) is 33.4 Å². The van der Waals surface area contributed by atoms with Gasteiger partial charge in [0.1, 0.15) is 11.7 Å². The maximum Gasteiger partial charge on any atom is 0.134 e. The molecule has 3 nitrogen and oxygen atoms in total. The third-order valence-corrected chi connectivity index (χ3v) is 11.0. The second kappa shape index (κ2) is 12.9. The highest BCUT2D eigenvalue weighted by Crippen LogP contribution is 2.65. The summed E-state index contributed by atoms with van der Waals surface area (Å²) < 4.78 is 0. The average molecular weight is 672 g/mol. The van der Waals surface area contributed by atoms with E-state index in [0.29, 0.717) is 5.92 Å². The van der Waals surface area contributed by atoms with E-state index in [1.165, 1.54) is 44.5 Å². The van der Waals surface area contributed by atoms with E-state index in [4.69, 9.17) is 9.98 Å². The summed E-state index contributed by atoms with van der Waals surface area (Å²) in [6.45, 7) is 4.25. The Morgan fingerprint density at radius 1 is 0.558 bits per heavy atom. The Labute approximate surface area is 306 Å². The molecule has 0 saturated carbocycles. The summed E-state index contributed by atoms with van der Waals surface area (Å²) in [6.07, 6.45) is 9.28. The predicted octanol–water partition coefficient (Wildman–Crippen LogP) is 11.0. The fourth-order valence-electron chi connectivity index (χ4n) is 8.92. The molecule has 3 atom stereocenters. The molecule has 6 aromatic rings. The lowest BCUT2D eigenvalue weighted by atomic mass is 9.65. The average Bonchev–Trinajstić information content (AvgIpc) is 3.67. The molecule has 3 aliphatic carbocycles. The lowest BCUT2D eigenvalue weighted by Crippen LogP contribution is -2.35. The third kappa shape index (κ3) is 5.11. The molecular formula is C49H41N3. The van der Waals surface area contributed by atoms with Crippen molar-refractivity contribution in [3.05, 3.63) is 203 Å². The first-order chi connectivity index (χ1) is 25.6. The molecule has 1 spiro atoms. The Morgan fingerprint density at radius 2 is 1.17 bits per heavy atom. The number of benzene rings is 6. The molecule has 0 amide bonds. The molecule has 0 aromatic heterocycles. The van der Waals surface area contributed by atoms with E-state index in [9.17, 15) is 0 Å². The van der Waals surface area contributed by atoms with Crippen LogP contribution in [0.5, 0.6) is 0 Å². The number of rotatable bonds is 5. The first kappa shape index (κ1) is 31.9. The van der Waals surface area contributed by atoms with Gasteiger partial charge in [-0.15, -0.1) is 0 Å². The summed E-state index contributed by atoms with van der Waals surface area (Å²) in [7, 11) is 1.87. The highest BCUT2D eigenvalue weighted by molar-refractivity contribution is 6.15. The van der Waals surface area contributed by atoms with Gasteiger partial charge in [-0.05, 0) is 93.7 Å². The molecule has 0 radical (unpaired) electrons. The zero-order valence-corrected chi connectivity index (χ0v) is 29.8. The zero-order valence-electron chi connectivity index (χ0n) is 29.8. The Morgan fingerprint density at radius 3 is 1.87 bits per heavy atom. The van der Waals surface area contributed by atoms with Crippen LogP contribution in [0.2, 0.25) is 0 Å². The highest BCUT2D eigenvalue weighted by atomic mass is 15.1. The molecule has 0 bridgehead atoms. The van der Waals surface area contributed by atoms with E-state index in [-0.39, 0.29) is 17.4 Å². The smallest absolute Gasteiger partial charge is 0.134 e. The Balaban J connectivity index is 1.18. The molecule has 252 valence electrons. The molecule has 9 rings (SSSR count). The summed E-state index contributed by atoms with van der Waals surface area (Å²) >= 11 is 0. The largest absolute Gasteiger partial charge is 0.325 e. The molecule has 3 heteroatoms. The third-order valence-electron chi connectivity index (χ3n) is 11.0. The van der Waals surface area contributed by atoms with Crippen LogP contribution >= 0.6 is 0 Å². The van der Waals surface area contributed by atoms with Crippen LogP contribution in [0, 0.1) is 5.92 Å². The summed E-state index contributed by atoms with van der Waals surface area (Å²) in [4.78, 5) is 10.1. The van der Waals surface area contributed by atoms with Crippen LogP contribution in [-0.4, -0.2) is 24.8 Å². The fourth-order valence-corrected chi connectivity index (χ4v) is 8.92. The number of nitrogens with one attached hydrogen (secondary N) is 1. The van der Waals surface area contributed by atoms with Crippen LogP contribution in [0.15, 0.2) is 180 Å². The van der Waals surface area contributed by atoms with Crippen molar-refractivity contribution in [1.82, 2.24) is 5.32 Å². The molecule has 6 aromatic carbocycles. The quantitative estimate of drug-likeness (QED) is 0.144. The summed E-state index contributed by atoms with van der Waals surface area (Å²) in [6, 6.07) is 53.1. The number of fused-ring (bicyclic) bond motifs is 10. The number of allylic oxidation sites excluding steroid dienone is 4. The lowest BCUT2D eigenvalue weighted by Gasteiger charge is -2.36. The molecule has 52 heavy (non-hydrogen) atoms. The van der Waals surface area contributed by atoms with Gasteiger partial charge in [0.15, 0.2) is 0 Å². The van der Waals surface area contributed by atoms with Crippen molar-refractivity contribution in [1.29, 1.82) is 0 Å². The van der Waals surface area contributed by atoms with Gasteiger partial charge in [-0.3, -0.25) is 9.98 Å². The topological polar surface area (TPSA) is 36.8 Å². The number of amidine groups is 2. The molecule has 0 fully saturated rings. The van der Waals surface area contributed by atoms with Gasteiger partial charge in [-0.25, -0.2) is 0 Å². The van der Waals surface area contributed by atoms with E-state index in [1.807, 2.05) is 7.05 Å². The minimum absolute atomic E-state index is 0.0667. The summed E-state index contributed by atoms with van der Waals surface area (Å²) in [5.41, 5.74) is 14.6. The van der Waals surface area contributed by atoms with Gasteiger partial charge in [-0.1, -0.05) is 146 Å². The molecule has 3 unspecified atom stereocenters. The van der Waals surface area contributed by atoms with Crippen LogP contribution in [0.4, 0.5) is 0 Å². The standard InChI is InChI=1S/C49H41N3/c1-32(2)51-48(38-29-36(33-16-6-4-7-17-33)28-37(30-38)34-18-8-5-9-19-34)52-47(50-3)35-26-27-42-41-22-12-15-25-45(41)49(46(42)31-35)43-23-13-10-20-39(43)40-21-11-14-24-44(40)49/h4-32,39,43H,1-3H3,(H,50,51,52). The number of aliphatic imine (C=N–C) groups is 2. The lowest BCUT2D eigenvalue weighted by molar-refractivity contribution is 0.465. The SMILES string of the molecule is CN=C(NC(=NC(C)C)c1cc(-c2ccccc2)cc(-c2ccccc2)c1)c1ccc2c(c1)C1(c3ccccc3-2)c2ccccc2C2C=CC=CC21. The van der Waals surface area contributed by atoms with Gasteiger partial charge in [0.05, 0.1) is 5.41 Å². The van der Waals surface area contributed by atoms with Gasteiger partial charge in [0.2, 0.25) is 0 Å². The van der Waals surface area contributed by atoms with Crippen molar-refractivity contribution in [2.24, 2.45) is 15.9 Å². The van der Waals surface area contributed by atoms with Crippen molar-refractivity contribution in [2.75, 3.05) is 7.05 Å². The highest BCUT2D eigenvalue weighted by Gasteiger charge is 2.56. The second-order valence-electron chi connectivity index (χ2n) is 14.3. The van der Waals surface area contributed by atoms with Crippen molar-refractivity contribution in [3.63, 3.8) is 0 Å². The van der Waals surface area contributed by atoms with Crippen LogP contribution in [0.25, 0.3) is 33.4 Å². The molecule has 0 saturated heterocycles. The first-order valence-electron chi connectivity index (χ1n) is 18.3. The van der Waals surface area contributed by atoms with Crippen molar-refractivity contribution < 1.29 is 0 Å². The Kier molecular flexibility index (Phi) is 7.92. The zero-order chi connectivity index (χ0) is 35.2. The van der Waals surface area contributed by atoms with Gasteiger partial charge < -0.3 is 5.32 Å². The minimum Gasteiger partial charge on any atom is -0.325 e. The van der Waals surface area contributed by atoms with E-state index in [0.717, 1.165) is 33.9 Å². The van der Waals surface area contributed by atoms with E-state index in [1.54, 1.807) is 0 Å². The normalized spacial score (nSPS) is 19.8. The van der Waals surface area contributed by atoms with Crippen LogP contribution < -0.4 is 5.32 Å². The number of hydrogen-bond acceptors (Lipinski definition) is 2. The maximum atomic E-state index is 5.20. The van der Waals surface area contributed by atoms with Gasteiger partial charge >= 0.3 is 0 Å². The number of hydrogen-bond donors (Lipinski definition) is 1. The monoisotopic (exact) mass is 671 g/mol. The summed E-state index contributed by atoms with van der Waals surface area (Å²) in [5, 5.41) is 3.77. The summed E-state index contributed by atoms with van der Waals surface area (Å²) in [5.74, 6) is 2.19. The second-order valence-corrected chi connectivity index (χ2v) is 14.3. The molecule has 0 heterocycles. The molecule has 0 aliphatic heterocycles. The molecule has 1 N–H and O–H groups in total. The first-order valence-corrected chi connectivity index (χ1v) is 18.3. The fraction of sp³-hybridized carbons (Fsp3) is 0.143. The van der Waals surface area contributed by atoms with E-state index in [2.05, 4.69) is 189 Å². The Bertz CT molecular complexity index is 2380. The van der Waals surface area contributed by atoms with Gasteiger partial charge in [-0.2, -0.15) is 0 Å². The Hall–Kier alpha value is -6.06. The van der Waals surface area contributed by atoms with Crippen molar-refractivity contribution in [2.45, 2.75) is 31.2 Å². The van der Waals surface area contributed by atoms with E-state index < -0.39 is 0 Å². The minimum atomic E-state index is -0.299. The maximum absolute atomic E-state index is 5.20. The van der Waals surface area contributed by atoms with Crippen molar-refractivity contribution >= 4 is 11.7 Å². The van der Waals surface area contributed by atoms with Crippen LogP contribution in [0.1, 0.15) is 53.1 Å². The molecule has 3 aliphatic rings.